The molecule has 0 saturated carbocycles. The summed E-state index contributed by atoms with van der Waals surface area (Å²) < 4.78 is 0. The van der Waals surface area contributed by atoms with Gasteiger partial charge in [0.05, 0.1) is 0 Å². The van der Waals surface area contributed by atoms with Crippen molar-refractivity contribution in [2.24, 2.45) is 0 Å². The van der Waals surface area contributed by atoms with E-state index in [2.05, 4.69) is 60.7 Å². The second-order valence-corrected chi connectivity index (χ2v) is 12.7. The first-order chi connectivity index (χ1) is 9.23. The van der Waals surface area contributed by atoms with Crippen LogP contribution < -0.4 is 10.6 Å². The summed E-state index contributed by atoms with van der Waals surface area (Å²) >= 11 is 7.51. The quantitative estimate of drug-likeness (QED) is 0.713. The summed E-state index contributed by atoms with van der Waals surface area (Å²) in [4.78, 5) is 0. The first-order valence-corrected chi connectivity index (χ1v) is 10.6. The molecular formula is C17H20ClP. The molecule has 0 aliphatic carbocycles. The normalized spacial score (nSPS) is 23.1. The van der Waals surface area contributed by atoms with Crippen LogP contribution >= 0.6 is 17.2 Å². The van der Waals surface area contributed by atoms with Crippen LogP contribution in [0.4, 0.5) is 0 Å². The van der Waals surface area contributed by atoms with E-state index in [9.17, 15) is 0 Å². The molecule has 0 nitrogen and oxygen atoms in total. The van der Waals surface area contributed by atoms with Gasteiger partial charge in [-0.25, -0.2) is 0 Å². The average molecular weight is 291 g/mol. The van der Waals surface area contributed by atoms with Gasteiger partial charge in [0.1, 0.15) is 0 Å². The van der Waals surface area contributed by atoms with Crippen LogP contribution in [0.25, 0.3) is 0 Å². The van der Waals surface area contributed by atoms with E-state index in [0.717, 1.165) is 12.3 Å². The summed E-state index contributed by atoms with van der Waals surface area (Å²) in [5.74, 6) is -2.45. The zero-order valence-electron chi connectivity index (χ0n) is 11.1. The summed E-state index contributed by atoms with van der Waals surface area (Å²) in [5, 5.41) is 2.75. The Kier molecular flexibility index (Phi) is 3.41. The molecular weight excluding hydrogens is 271 g/mol. The van der Waals surface area contributed by atoms with Crippen LogP contribution in [0.2, 0.25) is 0 Å². The van der Waals surface area contributed by atoms with E-state index in [1.165, 1.54) is 29.9 Å². The summed E-state index contributed by atoms with van der Waals surface area (Å²) in [7, 11) is 0. The number of hydrogen-bond acceptors (Lipinski definition) is 0. The van der Waals surface area contributed by atoms with Crippen LogP contribution in [-0.2, 0) is 0 Å². The van der Waals surface area contributed by atoms with E-state index < -0.39 is 5.96 Å². The van der Waals surface area contributed by atoms with Gasteiger partial charge in [0.2, 0.25) is 0 Å². The van der Waals surface area contributed by atoms with Crippen molar-refractivity contribution in [2.75, 3.05) is 12.3 Å². The standard InChI is InChI=1S/C17H20ClP/c18-19(14-8-3-9-15-19,16-10-4-1-5-11-16)17-12-6-2-7-13-17/h1-2,4-7,10-13H,3,8-9,14-15H2. The number of hydrogen-bond donors (Lipinski definition) is 0. The van der Waals surface area contributed by atoms with E-state index >= 15 is 0 Å². The third-order valence-electron chi connectivity index (χ3n) is 4.44. The third-order valence-corrected chi connectivity index (χ3v) is 12.1. The SMILES string of the molecule is ClP1(c2ccccc2)(c2ccccc2)CCCCC1. The average Bonchev–Trinajstić information content (AvgIpc) is 2.50. The van der Waals surface area contributed by atoms with Crippen molar-refractivity contribution in [1.29, 1.82) is 0 Å². The molecule has 1 heterocycles. The van der Waals surface area contributed by atoms with E-state index in [0.29, 0.717) is 0 Å². The molecule has 0 unspecified atom stereocenters. The van der Waals surface area contributed by atoms with Crippen LogP contribution in [-0.4, -0.2) is 12.3 Å². The van der Waals surface area contributed by atoms with Gasteiger partial charge < -0.3 is 0 Å². The Balaban J connectivity index is 2.22. The Morgan fingerprint density at radius 2 is 1.05 bits per heavy atom. The molecule has 100 valence electrons. The second-order valence-electron chi connectivity index (χ2n) is 5.55. The van der Waals surface area contributed by atoms with Crippen LogP contribution in [0.5, 0.6) is 0 Å². The number of benzene rings is 2. The molecule has 0 radical (unpaired) electrons. The van der Waals surface area contributed by atoms with Crippen molar-refractivity contribution in [3.05, 3.63) is 60.7 Å². The van der Waals surface area contributed by atoms with E-state index in [-0.39, 0.29) is 0 Å². The molecule has 2 aromatic carbocycles. The van der Waals surface area contributed by atoms with Gasteiger partial charge in [-0.2, -0.15) is 0 Å². The maximum atomic E-state index is 7.51. The van der Waals surface area contributed by atoms with Gasteiger partial charge in [0.15, 0.2) is 0 Å². The minimum atomic E-state index is -2.45. The molecule has 3 rings (SSSR count). The Morgan fingerprint density at radius 3 is 1.47 bits per heavy atom. The molecule has 0 atom stereocenters. The molecule has 0 amide bonds. The van der Waals surface area contributed by atoms with Gasteiger partial charge >= 0.3 is 120 Å². The topological polar surface area (TPSA) is 0 Å². The van der Waals surface area contributed by atoms with Crippen molar-refractivity contribution in [1.82, 2.24) is 0 Å². The zero-order valence-corrected chi connectivity index (χ0v) is 12.8. The van der Waals surface area contributed by atoms with Crippen LogP contribution in [0, 0.1) is 0 Å². The van der Waals surface area contributed by atoms with Crippen molar-refractivity contribution in [3.8, 4) is 0 Å². The molecule has 0 aromatic heterocycles. The molecule has 1 saturated heterocycles. The maximum absolute atomic E-state index is 7.51. The summed E-state index contributed by atoms with van der Waals surface area (Å²) in [6.07, 6.45) is 6.14. The molecule has 2 heteroatoms. The van der Waals surface area contributed by atoms with E-state index in [1.54, 1.807) is 0 Å². The van der Waals surface area contributed by atoms with Crippen molar-refractivity contribution in [2.45, 2.75) is 19.3 Å². The fourth-order valence-corrected chi connectivity index (χ4v) is 9.80. The third kappa shape index (κ3) is 2.12. The fourth-order valence-electron chi connectivity index (χ4n) is 3.38. The molecule has 0 N–H and O–H groups in total. The van der Waals surface area contributed by atoms with E-state index in [1.807, 2.05) is 0 Å². The van der Waals surface area contributed by atoms with Crippen LogP contribution in [0.1, 0.15) is 19.3 Å². The summed E-state index contributed by atoms with van der Waals surface area (Å²) in [6.45, 7) is 0. The summed E-state index contributed by atoms with van der Waals surface area (Å²) in [5.41, 5.74) is 0. The van der Waals surface area contributed by atoms with Crippen LogP contribution in [0.15, 0.2) is 60.7 Å². The van der Waals surface area contributed by atoms with Gasteiger partial charge in [-0.15, -0.1) is 0 Å². The van der Waals surface area contributed by atoms with Gasteiger partial charge in [-0.05, 0) is 0 Å². The molecule has 0 spiro atoms. The fraction of sp³-hybridized carbons (Fsp3) is 0.294. The van der Waals surface area contributed by atoms with Gasteiger partial charge in [-0.1, -0.05) is 0 Å². The predicted octanol–water partition coefficient (Wildman–Crippen LogP) is 4.53. The van der Waals surface area contributed by atoms with Crippen molar-refractivity contribution >= 4 is 27.8 Å². The minimum absolute atomic E-state index is 1.15. The van der Waals surface area contributed by atoms with Crippen molar-refractivity contribution < 1.29 is 0 Å². The van der Waals surface area contributed by atoms with Crippen LogP contribution in [0.3, 0.4) is 0 Å². The molecule has 1 fully saturated rings. The molecule has 1 aliphatic heterocycles. The van der Waals surface area contributed by atoms with Crippen molar-refractivity contribution in [3.63, 3.8) is 0 Å². The first kappa shape index (κ1) is 13.2. The number of rotatable bonds is 2. The molecule has 19 heavy (non-hydrogen) atoms. The van der Waals surface area contributed by atoms with Gasteiger partial charge in [-0.3, -0.25) is 0 Å². The monoisotopic (exact) mass is 290 g/mol. The van der Waals surface area contributed by atoms with E-state index in [4.69, 9.17) is 11.2 Å². The Hall–Kier alpha value is -0.840. The number of halogens is 1. The van der Waals surface area contributed by atoms with Gasteiger partial charge in [0.25, 0.3) is 0 Å². The molecule has 1 aliphatic rings. The first-order valence-electron chi connectivity index (χ1n) is 7.07. The molecule has 2 aromatic rings. The Labute approximate surface area is 120 Å². The molecule has 0 bridgehead atoms. The Morgan fingerprint density at radius 1 is 0.632 bits per heavy atom. The van der Waals surface area contributed by atoms with Gasteiger partial charge in [0, 0.05) is 0 Å². The predicted molar refractivity (Wildman–Crippen MR) is 88.5 cm³/mol. The zero-order chi connectivity index (χ0) is 13.2. The second kappa shape index (κ2) is 4.93. The summed E-state index contributed by atoms with van der Waals surface area (Å²) in [6, 6.07) is 21.6. The Bertz CT molecular complexity index is 500.